The van der Waals surface area contributed by atoms with Gasteiger partial charge in [-0.1, -0.05) is 53.7 Å². The van der Waals surface area contributed by atoms with Gasteiger partial charge < -0.3 is 19.5 Å². The van der Waals surface area contributed by atoms with Crippen LogP contribution in [0.1, 0.15) is 35.6 Å². The highest BCUT2D eigenvalue weighted by atomic mass is 32.2. The molecule has 3 aromatic rings. The minimum absolute atomic E-state index is 0.0274. The molecule has 9 nitrogen and oxygen atoms in total. The highest BCUT2D eigenvalue weighted by Crippen LogP contribution is 2.39. The number of carbonyl (C=O) groups excluding carboxylic acids is 2. The van der Waals surface area contributed by atoms with E-state index in [4.69, 9.17) is 19.3 Å². The summed E-state index contributed by atoms with van der Waals surface area (Å²) in [5.41, 5.74) is 4.67. The predicted molar refractivity (Wildman–Crippen MR) is 157 cm³/mol. The lowest BCUT2D eigenvalue weighted by Gasteiger charge is -2.23. The lowest BCUT2D eigenvalue weighted by atomic mass is 9.98. The molecule has 206 valence electrons. The lowest BCUT2D eigenvalue weighted by Crippen LogP contribution is -2.25. The Balaban J connectivity index is 1.33. The number of amides is 2. The minimum Gasteiger partial charge on any atom is -0.497 e. The summed E-state index contributed by atoms with van der Waals surface area (Å²) in [6.07, 6.45) is 0.619. The Labute approximate surface area is 237 Å². The van der Waals surface area contributed by atoms with E-state index in [0.717, 1.165) is 22.6 Å². The molecule has 2 aliphatic rings. The average molecular weight is 559 g/mol. The molecule has 0 aliphatic carbocycles. The molecule has 1 N–H and O–H groups in total. The minimum atomic E-state index is -0.648. The standard InChI is InChI=1S/C30H30N4O5S/c1-18-5-7-19(8-6-18)23-16-24(20-9-12-22(37-2)13-10-20)34(33-23)30-32-29(36)27(40-30)17-28(35)31-21-11-14-25(38-3)26(15-21)39-4/h5-15,24,27H,16-17H2,1-4H3,(H,31,35)/t24-,27-/m1/s1. The van der Waals surface area contributed by atoms with E-state index < -0.39 is 5.25 Å². The number of hydrogen-bond donors (Lipinski definition) is 1. The third-order valence-electron chi connectivity index (χ3n) is 6.76. The van der Waals surface area contributed by atoms with Crippen molar-refractivity contribution in [3.63, 3.8) is 0 Å². The van der Waals surface area contributed by atoms with Crippen LogP contribution in [-0.2, 0) is 9.59 Å². The van der Waals surface area contributed by atoms with E-state index in [-0.39, 0.29) is 24.3 Å². The highest BCUT2D eigenvalue weighted by molar-refractivity contribution is 8.15. The normalized spacial score (nSPS) is 18.3. The van der Waals surface area contributed by atoms with Crippen molar-refractivity contribution in [3.05, 3.63) is 83.4 Å². The fourth-order valence-electron chi connectivity index (χ4n) is 4.59. The van der Waals surface area contributed by atoms with Crippen molar-refractivity contribution in [1.29, 1.82) is 0 Å². The molecular formula is C30H30N4O5S. The SMILES string of the molecule is COc1ccc([C@H]2CC(c3ccc(C)cc3)=NN2C2=NC(=O)[C@@H](CC(=O)Nc3ccc(OC)c(OC)c3)S2)cc1. The van der Waals surface area contributed by atoms with E-state index in [1.807, 2.05) is 36.2 Å². The molecule has 0 unspecified atom stereocenters. The van der Waals surface area contributed by atoms with Gasteiger partial charge in [0.05, 0.1) is 33.1 Å². The van der Waals surface area contributed by atoms with Crippen molar-refractivity contribution in [2.24, 2.45) is 10.1 Å². The second-order valence-corrected chi connectivity index (χ2v) is 10.6. The number of carbonyl (C=O) groups is 2. The molecule has 2 amide bonds. The van der Waals surface area contributed by atoms with Crippen LogP contribution in [0.5, 0.6) is 17.2 Å². The van der Waals surface area contributed by atoms with Gasteiger partial charge in [-0.15, -0.1) is 0 Å². The number of hydrazone groups is 1. The Hall–Kier alpha value is -4.31. The van der Waals surface area contributed by atoms with Crippen LogP contribution in [0.25, 0.3) is 0 Å². The Kier molecular flexibility index (Phi) is 8.06. The second-order valence-electron chi connectivity index (χ2n) is 9.41. The first-order valence-corrected chi connectivity index (χ1v) is 13.6. The number of rotatable bonds is 8. The Bertz CT molecular complexity index is 1470. The number of nitrogens with one attached hydrogen (secondary N) is 1. The van der Waals surface area contributed by atoms with Gasteiger partial charge in [0.15, 0.2) is 16.7 Å². The number of aliphatic imine (C=N–C) groups is 1. The summed E-state index contributed by atoms with van der Waals surface area (Å²) in [5.74, 6) is 1.17. The fourth-order valence-corrected chi connectivity index (χ4v) is 5.65. The van der Waals surface area contributed by atoms with Gasteiger partial charge in [-0.05, 0) is 42.3 Å². The molecule has 5 rings (SSSR count). The molecule has 3 aromatic carbocycles. The summed E-state index contributed by atoms with van der Waals surface area (Å²) in [6.45, 7) is 2.05. The van der Waals surface area contributed by atoms with E-state index in [1.165, 1.54) is 24.4 Å². The molecular weight excluding hydrogens is 528 g/mol. The number of amidine groups is 1. The number of benzene rings is 3. The Morgan fingerprint density at radius 1 is 0.975 bits per heavy atom. The van der Waals surface area contributed by atoms with Gasteiger partial charge in [-0.3, -0.25) is 9.59 Å². The van der Waals surface area contributed by atoms with Crippen LogP contribution in [0.4, 0.5) is 5.69 Å². The number of nitrogens with zero attached hydrogens (tertiary/aromatic N) is 3. The molecule has 2 atom stereocenters. The maximum atomic E-state index is 12.9. The van der Waals surface area contributed by atoms with Crippen LogP contribution in [-0.4, -0.2) is 54.3 Å². The average Bonchev–Trinajstić information content (AvgIpc) is 3.57. The van der Waals surface area contributed by atoms with Crippen molar-refractivity contribution in [1.82, 2.24) is 5.01 Å². The van der Waals surface area contributed by atoms with Gasteiger partial charge in [0, 0.05) is 24.6 Å². The first-order valence-electron chi connectivity index (χ1n) is 12.8. The fraction of sp³-hybridized carbons (Fsp3) is 0.267. The highest BCUT2D eigenvalue weighted by Gasteiger charge is 2.39. The van der Waals surface area contributed by atoms with E-state index in [1.54, 1.807) is 32.4 Å². The van der Waals surface area contributed by atoms with Crippen molar-refractivity contribution in [3.8, 4) is 17.2 Å². The summed E-state index contributed by atoms with van der Waals surface area (Å²) >= 11 is 1.26. The van der Waals surface area contributed by atoms with Gasteiger partial charge in [0.2, 0.25) is 5.91 Å². The van der Waals surface area contributed by atoms with Gasteiger partial charge in [0.25, 0.3) is 5.91 Å². The molecule has 40 heavy (non-hydrogen) atoms. The zero-order valence-corrected chi connectivity index (χ0v) is 23.5. The largest absolute Gasteiger partial charge is 0.497 e. The van der Waals surface area contributed by atoms with Crippen molar-refractivity contribution in [2.75, 3.05) is 26.6 Å². The van der Waals surface area contributed by atoms with Crippen LogP contribution < -0.4 is 19.5 Å². The van der Waals surface area contributed by atoms with Gasteiger partial charge in [-0.25, -0.2) is 5.01 Å². The van der Waals surface area contributed by atoms with E-state index >= 15 is 0 Å². The summed E-state index contributed by atoms with van der Waals surface area (Å²) in [6, 6.07) is 21.0. The monoisotopic (exact) mass is 558 g/mol. The summed E-state index contributed by atoms with van der Waals surface area (Å²) < 4.78 is 15.9. The molecule has 10 heteroatoms. The number of ether oxygens (including phenoxy) is 3. The zero-order chi connectivity index (χ0) is 28.2. The van der Waals surface area contributed by atoms with Crippen LogP contribution in [0.2, 0.25) is 0 Å². The molecule has 0 aromatic heterocycles. The second kappa shape index (κ2) is 11.8. The Morgan fingerprint density at radius 3 is 2.38 bits per heavy atom. The molecule has 2 aliphatic heterocycles. The first kappa shape index (κ1) is 27.3. The van der Waals surface area contributed by atoms with E-state index in [0.29, 0.717) is 28.8 Å². The quantitative estimate of drug-likeness (QED) is 0.406. The molecule has 2 heterocycles. The predicted octanol–water partition coefficient (Wildman–Crippen LogP) is 5.20. The number of methoxy groups -OCH3 is 3. The lowest BCUT2D eigenvalue weighted by molar-refractivity contribution is -0.121. The first-order chi connectivity index (χ1) is 19.4. The van der Waals surface area contributed by atoms with Gasteiger partial charge in [-0.2, -0.15) is 10.1 Å². The smallest absolute Gasteiger partial charge is 0.262 e. The van der Waals surface area contributed by atoms with Crippen LogP contribution in [0, 0.1) is 6.92 Å². The summed E-state index contributed by atoms with van der Waals surface area (Å²) in [7, 11) is 4.71. The van der Waals surface area contributed by atoms with Gasteiger partial charge in [0.1, 0.15) is 11.0 Å². The molecule has 0 bridgehead atoms. The third kappa shape index (κ3) is 5.81. The molecule has 0 spiro atoms. The maximum Gasteiger partial charge on any atom is 0.262 e. The Morgan fingerprint density at radius 2 is 1.70 bits per heavy atom. The number of aryl methyl sites for hydroxylation is 1. The van der Waals surface area contributed by atoms with Gasteiger partial charge >= 0.3 is 0 Å². The number of hydrogen-bond acceptors (Lipinski definition) is 8. The number of anilines is 1. The van der Waals surface area contributed by atoms with E-state index in [9.17, 15) is 9.59 Å². The van der Waals surface area contributed by atoms with Crippen molar-refractivity contribution >= 4 is 40.1 Å². The maximum absolute atomic E-state index is 12.9. The summed E-state index contributed by atoms with van der Waals surface area (Å²) in [5, 5.41) is 9.39. The molecule has 0 fully saturated rings. The van der Waals surface area contributed by atoms with E-state index in [2.05, 4.69) is 34.6 Å². The third-order valence-corrected chi connectivity index (χ3v) is 7.90. The molecule has 0 radical (unpaired) electrons. The van der Waals surface area contributed by atoms with Crippen molar-refractivity contribution in [2.45, 2.75) is 31.1 Å². The molecule has 0 saturated heterocycles. The summed E-state index contributed by atoms with van der Waals surface area (Å²) in [4.78, 5) is 30.1. The molecule has 0 saturated carbocycles. The number of thioether (sulfide) groups is 1. The topological polar surface area (TPSA) is 102 Å². The van der Waals surface area contributed by atoms with Crippen molar-refractivity contribution < 1.29 is 23.8 Å². The van der Waals surface area contributed by atoms with Crippen LogP contribution in [0.15, 0.2) is 76.8 Å². The zero-order valence-electron chi connectivity index (χ0n) is 22.7. The van der Waals surface area contributed by atoms with Crippen LogP contribution >= 0.6 is 11.8 Å². The van der Waals surface area contributed by atoms with Crippen LogP contribution in [0.3, 0.4) is 0 Å².